The van der Waals surface area contributed by atoms with E-state index < -0.39 is 7.12 Å². The molecule has 0 aliphatic heterocycles. The Hall–Kier alpha value is -0.995. The molecule has 3 nitrogen and oxygen atoms in total. The van der Waals surface area contributed by atoms with Crippen LogP contribution in [0.3, 0.4) is 0 Å². The van der Waals surface area contributed by atoms with Gasteiger partial charge in [0.05, 0.1) is 6.10 Å². The van der Waals surface area contributed by atoms with Crippen LogP contribution in [0.1, 0.15) is 20.3 Å². The summed E-state index contributed by atoms with van der Waals surface area (Å²) in [5.41, 5.74) is 0.474. The Morgan fingerprint density at radius 2 is 1.86 bits per heavy atom. The minimum atomic E-state index is -1.41. The molecular weight excluding hydrogens is 179 g/mol. The van der Waals surface area contributed by atoms with Gasteiger partial charge >= 0.3 is 7.12 Å². The summed E-state index contributed by atoms with van der Waals surface area (Å²) in [6.45, 7) is 4.05. The fraction of sp³-hybridized carbons (Fsp3) is 0.400. The highest BCUT2D eigenvalue weighted by Gasteiger charge is 2.10. The van der Waals surface area contributed by atoms with E-state index in [0.29, 0.717) is 5.46 Å². The van der Waals surface area contributed by atoms with Gasteiger partial charge in [0.25, 0.3) is 0 Å². The first kappa shape index (κ1) is 11.1. The molecule has 0 saturated carbocycles. The highest BCUT2D eigenvalue weighted by Crippen LogP contribution is 2.11. The zero-order valence-electron chi connectivity index (χ0n) is 8.47. The van der Waals surface area contributed by atoms with Crippen molar-refractivity contribution in [2.24, 2.45) is 0 Å². The van der Waals surface area contributed by atoms with Crippen LogP contribution >= 0.6 is 0 Å². The summed E-state index contributed by atoms with van der Waals surface area (Å²) in [7, 11) is -1.41. The first-order valence-corrected chi connectivity index (χ1v) is 4.76. The second kappa shape index (κ2) is 5.03. The zero-order chi connectivity index (χ0) is 10.6. The summed E-state index contributed by atoms with van der Waals surface area (Å²) >= 11 is 0. The Labute approximate surface area is 84.5 Å². The van der Waals surface area contributed by atoms with E-state index in [9.17, 15) is 0 Å². The maximum absolute atomic E-state index is 8.86. The van der Waals surface area contributed by atoms with Gasteiger partial charge < -0.3 is 14.8 Å². The molecule has 0 radical (unpaired) electrons. The van der Waals surface area contributed by atoms with Gasteiger partial charge in [0.15, 0.2) is 0 Å². The average Bonchev–Trinajstić information content (AvgIpc) is 2.18. The number of hydrogen-bond donors (Lipinski definition) is 2. The van der Waals surface area contributed by atoms with Gasteiger partial charge in [-0.1, -0.05) is 19.1 Å². The van der Waals surface area contributed by atoms with Crippen LogP contribution in [0, 0.1) is 0 Å². The van der Waals surface area contributed by atoms with Gasteiger partial charge in [0, 0.05) is 0 Å². The van der Waals surface area contributed by atoms with Crippen LogP contribution < -0.4 is 10.2 Å². The second-order valence-corrected chi connectivity index (χ2v) is 3.28. The summed E-state index contributed by atoms with van der Waals surface area (Å²) in [6.07, 6.45) is 1.13. The Morgan fingerprint density at radius 3 is 2.29 bits per heavy atom. The first-order valence-electron chi connectivity index (χ1n) is 4.76. The summed E-state index contributed by atoms with van der Waals surface area (Å²) in [6, 6.07) is 6.76. The number of rotatable bonds is 4. The minimum absolute atomic E-state index is 0.180. The first-order chi connectivity index (χ1) is 6.63. The van der Waals surface area contributed by atoms with Crippen molar-refractivity contribution >= 4 is 12.6 Å². The lowest BCUT2D eigenvalue weighted by molar-refractivity contribution is 0.217. The van der Waals surface area contributed by atoms with Gasteiger partial charge in [-0.3, -0.25) is 0 Å². The number of hydrogen-bond acceptors (Lipinski definition) is 3. The minimum Gasteiger partial charge on any atom is -0.491 e. The van der Waals surface area contributed by atoms with Crippen LogP contribution in [0.15, 0.2) is 24.3 Å². The fourth-order valence-electron chi connectivity index (χ4n) is 1.03. The van der Waals surface area contributed by atoms with Crippen LogP contribution in [0.5, 0.6) is 5.75 Å². The smallest absolute Gasteiger partial charge is 0.488 e. The number of ether oxygens (including phenoxy) is 1. The zero-order valence-corrected chi connectivity index (χ0v) is 8.47. The molecule has 76 valence electrons. The third-order valence-electron chi connectivity index (χ3n) is 2.09. The van der Waals surface area contributed by atoms with E-state index in [4.69, 9.17) is 14.8 Å². The van der Waals surface area contributed by atoms with Crippen molar-refractivity contribution in [3.63, 3.8) is 0 Å². The number of benzene rings is 1. The molecule has 0 spiro atoms. The second-order valence-electron chi connectivity index (χ2n) is 3.28. The molecule has 2 N–H and O–H groups in total. The third-order valence-corrected chi connectivity index (χ3v) is 2.09. The van der Waals surface area contributed by atoms with Crippen molar-refractivity contribution in [2.45, 2.75) is 26.4 Å². The van der Waals surface area contributed by atoms with Crippen molar-refractivity contribution in [2.75, 3.05) is 0 Å². The molecule has 0 aliphatic carbocycles. The third kappa shape index (κ3) is 3.05. The molecule has 1 aromatic rings. The molecule has 0 fully saturated rings. The molecular formula is C10H15BO3. The molecule has 0 heterocycles. The van der Waals surface area contributed by atoms with Gasteiger partial charge in [-0.05, 0) is 30.9 Å². The SMILES string of the molecule is CCC(C)Oc1ccc(B(O)O)cc1. The molecule has 1 rings (SSSR count). The van der Waals surface area contributed by atoms with Gasteiger partial charge in [-0.2, -0.15) is 0 Å². The molecule has 0 amide bonds. The topological polar surface area (TPSA) is 49.7 Å². The lowest BCUT2D eigenvalue weighted by Crippen LogP contribution is -2.29. The maximum atomic E-state index is 8.86. The van der Waals surface area contributed by atoms with Gasteiger partial charge in [0.2, 0.25) is 0 Å². The predicted molar refractivity (Wildman–Crippen MR) is 56.6 cm³/mol. The molecule has 0 aromatic heterocycles. The summed E-state index contributed by atoms with van der Waals surface area (Å²) in [5.74, 6) is 0.753. The monoisotopic (exact) mass is 194 g/mol. The van der Waals surface area contributed by atoms with Crippen LogP contribution in [0.2, 0.25) is 0 Å². The van der Waals surface area contributed by atoms with E-state index in [1.54, 1.807) is 24.3 Å². The van der Waals surface area contributed by atoms with Gasteiger partial charge in [-0.15, -0.1) is 0 Å². The summed E-state index contributed by atoms with van der Waals surface area (Å²) < 4.78 is 5.53. The average molecular weight is 194 g/mol. The highest BCUT2D eigenvalue weighted by molar-refractivity contribution is 6.58. The molecule has 1 aromatic carbocycles. The van der Waals surface area contributed by atoms with Crippen LogP contribution in [-0.4, -0.2) is 23.3 Å². The largest absolute Gasteiger partial charge is 0.491 e. The summed E-state index contributed by atoms with van der Waals surface area (Å²) in [4.78, 5) is 0. The molecule has 0 bridgehead atoms. The van der Waals surface area contributed by atoms with Crippen LogP contribution in [0.4, 0.5) is 0 Å². The normalized spacial score (nSPS) is 12.3. The lowest BCUT2D eigenvalue weighted by Gasteiger charge is -2.12. The predicted octanol–water partition coefficient (Wildman–Crippen LogP) is 0.544. The molecule has 14 heavy (non-hydrogen) atoms. The fourth-order valence-corrected chi connectivity index (χ4v) is 1.03. The van der Waals surface area contributed by atoms with Crippen LogP contribution in [0.25, 0.3) is 0 Å². The van der Waals surface area contributed by atoms with Gasteiger partial charge in [0.1, 0.15) is 5.75 Å². The molecule has 1 atom stereocenters. The Bertz CT molecular complexity index is 271. The van der Waals surface area contributed by atoms with E-state index in [1.807, 2.05) is 6.92 Å². The quantitative estimate of drug-likeness (QED) is 0.688. The highest BCUT2D eigenvalue weighted by atomic mass is 16.5. The maximum Gasteiger partial charge on any atom is 0.488 e. The van der Waals surface area contributed by atoms with Crippen LogP contribution in [-0.2, 0) is 0 Å². The van der Waals surface area contributed by atoms with E-state index in [0.717, 1.165) is 12.2 Å². The molecule has 0 aliphatic rings. The lowest BCUT2D eigenvalue weighted by atomic mass is 9.80. The Morgan fingerprint density at radius 1 is 1.29 bits per heavy atom. The summed E-state index contributed by atoms with van der Waals surface area (Å²) in [5, 5.41) is 17.7. The van der Waals surface area contributed by atoms with E-state index in [2.05, 4.69) is 6.92 Å². The van der Waals surface area contributed by atoms with Crippen molar-refractivity contribution in [1.29, 1.82) is 0 Å². The molecule has 1 unspecified atom stereocenters. The van der Waals surface area contributed by atoms with Crippen molar-refractivity contribution in [3.8, 4) is 5.75 Å². The molecule has 4 heteroatoms. The molecule has 0 saturated heterocycles. The van der Waals surface area contributed by atoms with Gasteiger partial charge in [-0.25, -0.2) is 0 Å². The van der Waals surface area contributed by atoms with E-state index >= 15 is 0 Å². The van der Waals surface area contributed by atoms with Crippen molar-refractivity contribution < 1.29 is 14.8 Å². The Balaban J connectivity index is 2.64. The van der Waals surface area contributed by atoms with Crippen molar-refractivity contribution in [1.82, 2.24) is 0 Å². The standard InChI is InChI=1S/C10H15BO3/c1-3-8(2)14-10-6-4-9(5-7-10)11(12)13/h4-8,12-13H,3H2,1-2H3. The van der Waals surface area contributed by atoms with E-state index in [-0.39, 0.29) is 6.10 Å². The van der Waals surface area contributed by atoms with Crippen molar-refractivity contribution in [3.05, 3.63) is 24.3 Å². The van der Waals surface area contributed by atoms with E-state index in [1.165, 1.54) is 0 Å². The Kier molecular flexibility index (Phi) is 3.98.